The third kappa shape index (κ3) is 2.96. The Morgan fingerprint density at radius 2 is 1.68 bits per heavy atom. The molecule has 2 amide bonds. The molecule has 0 N–H and O–H groups in total. The summed E-state index contributed by atoms with van der Waals surface area (Å²) in [5.74, 6) is -0.268. The van der Waals surface area contributed by atoms with Gasteiger partial charge in [0, 0.05) is 4.90 Å². The van der Waals surface area contributed by atoms with E-state index in [1.165, 1.54) is 4.90 Å². The van der Waals surface area contributed by atoms with Gasteiger partial charge in [0.2, 0.25) is 0 Å². The molecular formula is C17H13NO2S2. The molecule has 0 unspecified atom stereocenters. The van der Waals surface area contributed by atoms with E-state index in [4.69, 9.17) is 0 Å². The zero-order valence-corrected chi connectivity index (χ0v) is 13.5. The fourth-order valence-corrected chi connectivity index (χ4v) is 3.37. The minimum atomic E-state index is -0.268. The molecule has 2 aromatic rings. The van der Waals surface area contributed by atoms with Crippen molar-refractivity contribution in [3.63, 3.8) is 0 Å². The monoisotopic (exact) mass is 327 g/mol. The molecule has 1 aliphatic heterocycles. The Morgan fingerprint density at radius 1 is 1.00 bits per heavy atom. The van der Waals surface area contributed by atoms with Crippen molar-refractivity contribution in [2.45, 2.75) is 4.90 Å². The lowest BCUT2D eigenvalue weighted by Gasteiger charge is -2.11. The Labute approximate surface area is 137 Å². The summed E-state index contributed by atoms with van der Waals surface area (Å²) in [6.45, 7) is 0. The Bertz CT molecular complexity index is 739. The summed E-state index contributed by atoms with van der Waals surface area (Å²) in [4.78, 5) is 27.4. The summed E-state index contributed by atoms with van der Waals surface area (Å²) < 4.78 is 0. The van der Waals surface area contributed by atoms with Gasteiger partial charge < -0.3 is 0 Å². The molecule has 5 heteroatoms. The normalized spacial score (nSPS) is 16.6. The van der Waals surface area contributed by atoms with E-state index in [9.17, 15) is 9.59 Å². The number of amides is 2. The number of imide groups is 1. The van der Waals surface area contributed by atoms with Crippen LogP contribution in [0.3, 0.4) is 0 Å². The zero-order valence-electron chi connectivity index (χ0n) is 11.9. The van der Waals surface area contributed by atoms with E-state index in [1.54, 1.807) is 30.0 Å². The van der Waals surface area contributed by atoms with Gasteiger partial charge in [0.25, 0.3) is 11.1 Å². The molecule has 1 saturated heterocycles. The molecule has 1 aliphatic rings. The molecular weight excluding hydrogens is 314 g/mol. The minimum Gasteiger partial charge on any atom is -0.268 e. The zero-order chi connectivity index (χ0) is 15.5. The van der Waals surface area contributed by atoms with Gasteiger partial charge in [0.05, 0.1) is 10.6 Å². The largest absolute Gasteiger partial charge is 0.298 e. The molecule has 0 radical (unpaired) electrons. The van der Waals surface area contributed by atoms with Crippen LogP contribution >= 0.6 is 23.5 Å². The maximum Gasteiger partial charge on any atom is 0.298 e. The lowest BCUT2D eigenvalue weighted by molar-refractivity contribution is -0.113. The second-order valence-corrected chi connectivity index (χ2v) is 6.50. The average Bonchev–Trinajstić information content (AvgIpc) is 2.83. The maximum absolute atomic E-state index is 12.5. The predicted molar refractivity (Wildman–Crippen MR) is 93.1 cm³/mol. The van der Waals surface area contributed by atoms with Crippen LogP contribution in [0.15, 0.2) is 64.4 Å². The van der Waals surface area contributed by atoms with Gasteiger partial charge in [-0.3, -0.25) is 9.59 Å². The number of rotatable bonds is 3. The van der Waals surface area contributed by atoms with Crippen molar-refractivity contribution in [2.75, 3.05) is 11.2 Å². The molecule has 0 aromatic heterocycles. The van der Waals surface area contributed by atoms with Gasteiger partial charge >= 0.3 is 0 Å². The Morgan fingerprint density at radius 3 is 2.32 bits per heavy atom. The quantitative estimate of drug-likeness (QED) is 0.607. The fourth-order valence-electron chi connectivity index (χ4n) is 2.12. The van der Waals surface area contributed by atoms with Crippen LogP contribution in [0.4, 0.5) is 10.5 Å². The number of hydrogen-bond donors (Lipinski definition) is 0. The van der Waals surface area contributed by atoms with E-state index in [2.05, 4.69) is 0 Å². The predicted octanol–water partition coefficient (Wildman–Crippen LogP) is 4.65. The topological polar surface area (TPSA) is 37.4 Å². The summed E-state index contributed by atoms with van der Waals surface area (Å²) in [5.41, 5.74) is 1.52. The van der Waals surface area contributed by atoms with Gasteiger partial charge in [-0.2, -0.15) is 0 Å². The van der Waals surface area contributed by atoms with Crippen LogP contribution in [-0.2, 0) is 4.79 Å². The highest BCUT2D eigenvalue weighted by atomic mass is 32.2. The molecule has 2 aromatic carbocycles. The van der Waals surface area contributed by atoms with Crippen LogP contribution in [0.2, 0.25) is 0 Å². The van der Waals surface area contributed by atoms with Crippen molar-refractivity contribution in [3.05, 3.63) is 65.1 Å². The number of carbonyl (C=O) groups excluding carboxylic acids is 2. The van der Waals surface area contributed by atoms with Crippen LogP contribution in [0.5, 0.6) is 0 Å². The van der Waals surface area contributed by atoms with Crippen molar-refractivity contribution >= 4 is 46.4 Å². The number of anilines is 1. The number of para-hydroxylation sites is 1. The first-order valence-electron chi connectivity index (χ1n) is 6.66. The van der Waals surface area contributed by atoms with Crippen molar-refractivity contribution in [1.82, 2.24) is 0 Å². The number of hydrogen-bond acceptors (Lipinski definition) is 4. The summed E-state index contributed by atoms with van der Waals surface area (Å²) in [5, 5.41) is -0.261. The third-order valence-electron chi connectivity index (χ3n) is 3.22. The van der Waals surface area contributed by atoms with Crippen LogP contribution in [0, 0.1) is 0 Å². The Balaban J connectivity index is 1.88. The smallest absolute Gasteiger partial charge is 0.268 e. The maximum atomic E-state index is 12.5. The van der Waals surface area contributed by atoms with Gasteiger partial charge in [-0.25, -0.2) is 4.90 Å². The molecule has 3 nitrogen and oxygen atoms in total. The van der Waals surface area contributed by atoms with E-state index in [1.807, 2.05) is 48.7 Å². The molecule has 0 saturated carbocycles. The molecule has 3 rings (SSSR count). The standard InChI is InChI=1S/C17H13NO2S2/c1-21-14-9-7-12(8-10-14)11-15-16(19)18(17(20)22-15)13-5-3-2-4-6-13/h2-11H,1H3/b15-11-. The highest BCUT2D eigenvalue weighted by molar-refractivity contribution is 8.19. The van der Waals surface area contributed by atoms with Crippen molar-refractivity contribution < 1.29 is 9.59 Å². The fraction of sp³-hybridized carbons (Fsp3) is 0.0588. The number of nitrogens with zero attached hydrogens (tertiary/aromatic N) is 1. The van der Waals surface area contributed by atoms with E-state index >= 15 is 0 Å². The minimum absolute atomic E-state index is 0.261. The molecule has 1 heterocycles. The average molecular weight is 327 g/mol. The summed E-state index contributed by atoms with van der Waals surface area (Å²) in [7, 11) is 0. The van der Waals surface area contributed by atoms with Crippen LogP contribution < -0.4 is 4.90 Å². The van der Waals surface area contributed by atoms with Crippen LogP contribution in [0.1, 0.15) is 5.56 Å². The third-order valence-corrected chi connectivity index (χ3v) is 4.83. The van der Waals surface area contributed by atoms with E-state index in [-0.39, 0.29) is 11.1 Å². The SMILES string of the molecule is CSc1ccc(/C=C2\SC(=O)N(c3ccccc3)C2=O)cc1. The van der Waals surface area contributed by atoms with E-state index < -0.39 is 0 Å². The first-order valence-corrected chi connectivity index (χ1v) is 8.70. The number of carbonyl (C=O) groups is 2. The molecule has 1 fully saturated rings. The molecule has 0 aliphatic carbocycles. The first-order chi connectivity index (χ1) is 10.7. The Hall–Kier alpha value is -1.98. The van der Waals surface area contributed by atoms with Gasteiger partial charge in [-0.05, 0) is 53.9 Å². The summed E-state index contributed by atoms with van der Waals surface area (Å²) in [6.07, 6.45) is 3.78. The molecule has 0 bridgehead atoms. The van der Waals surface area contributed by atoms with Gasteiger partial charge in [-0.15, -0.1) is 11.8 Å². The lowest BCUT2D eigenvalue weighted by atomic mass is 10.2. The number of thioether (sulfide) groups is 2. The van der Waals surface area contributed by atoms with Gasteiger partial charge in [-0.1, -0.05) is 30.3 Å². The van der Waals surface area contributed by atoms with Crippen molar-refractivity contribution in [2.24, 2.45) is 0 Å². The van der Waals surface area contributed by atoms with Gasteiger partial charge in [0.15, 0.2) is 0 Å². The molecule has 22 heavy (non-hydrogen) atoms. The van der Waals surface area contributed by atoms with Crippen molar-refractivity contribution in [3.8, 4) is 0 Å². The highest BCUT2D eigenvalue weighted by Gasteiger charge is 2.36. The Kier molecular flexibility index (Phi) is 4.36. The highest BCUT2D eigenvalue weighted by Crippen LogP contribution is 2.35. The second-order valence-electron chi connectivity index (χ2n) is 4.63. The van der Waals surface area contributed by atoms with Gasteiger partial charge in [0.1, 0.15) is 0 Å². The number of benzene rings is 2. The van der Waals surface area contributed by atoms with E-state index in [0.29, 0.717) is 10.6 Å². The van der Waals surface area contributed by atoms with Crippen LogP contribution in [0.25, 0.3) is 6.08 Å². The van der Waals surface area contributed by atoms with E-state index in [0.717, 1.165) is 22.2 Å². The molecule has 0 spiro atoms. The summed E-state index contributed by atoms with van der Waals surface area (Å²) >= 11 is 2.64. The molecule has 110 valence electrons. The first kappa shape index (κ1) is 14.9. The van der Waals surface area contributed by atoms with Crippen molar-refractivity contribution in [1.29, 1.82) is 0 Å². The lowest BCUT2D eigenvalue weighted by Crippen LogP contribution is -2.27. The van der Waals surface area contributed by atoms with Crippen LogP contribution in [-0.4, -0.2) is 17.4 Å². The molecule has 0 atom stereocenters. The second kappa shape index (κ2) is 6.42. The summed E-state index contributed by atoms with van der Waals surface area (Å²) in [6, 6.07) is 16.9.